The predicted octanol–water partition coefficient (Wildman–Crippen LogP) is 4.28. The van der Waals surface area contributed by atoms with Crippen molar-refractivity contribution in [1.29, 1.82) is 0 Å². The minimum atomic E-state index is -0.359. The van der Waals surface area contributed by atoms with Gasteiger partial charge in [-0.1, -0.05) is 17.3 Å². The van der Waals surface area contributed by atoms with Crippen LogP contribution in [0.25, 0.3) is 0 Å². The lowest BCUT2D eigenvalue weighted by atomic mass is 9.96. The van der Waals surface area contributed by atoms with Gasteiger partial charge in [0, 0.05) is 24.5 Å². The van der Waals surface area contributed by atoms with Crippen molar-refractivity contribution in [3.63, 3.8) is 0 Å². The highest BCUT2D eigenvalue weighted by Gasteiger charge is 2.26. The maximum absolute atomic E-state index is 13.0. The first-order chi connectivity index (χ1) is 14.0. The van der Waals surface area contributed by atoms with Gasteiger partial charge in [-0.05, 0) is 61.7 Å². The van der Waals surface area contributed by atoms with Crippen LogP contribution in [0.5, 0.6) is 0 Å². The summed E-state index contributed by atoms with van der Waals surface area (Å²) in [5, 5.41) is 9.50. The molecule has 7 nitrogen and oxygen atoms in total. The second-order valence-corrected chi connectivity index (χ2v) is 7.11. The zero-order valence-corrected chi connectivity index (χ0v) is 16.3. The lowest BCUT2D eigenvalue weighted by molar-refractivity contribution is 0.158. The predicted molar refractivity (Wildman–Crippen MR) is 107 cm³/mol. The normalized spacial score (nSPS) is 14.9. The number of anilines is 2. The Morgan fingerprint density at radius 3 is 2.72 bits per heavy atom. The molecule has 2 aromatic carbocycles. The van der Waals surface area contributed by atoms with Gasteiger partial charge in [-0.2, -0.15) is 4.98 Å². The topological polar surface area (TPSA) is 83.3 Å². The monoisotopic (exact) mass is 395 g/mol. The summed E-state index contributed by atoms with van der Waals surface area (Å²) in [6.45, 7) is 5.40. The van der Waals surface area contributed by atoms with E-state index in [-0.39, 0.29) is 17.9 Å². The van der Waals surface area contributed by atoms with Crippen molar-refractivity contribution in [2.24, 2.45) is 0 Å². The minimum Gasteiger partial charge on any atom is -0.338 e. The van der Waals surface area contributed by atoms with E-state index in [4.69, 9.17) is 4.52 Å². The third-order valence-electron chi connectivity index (χ3n) is 5.09. The third kappa shape index (κ3) is 4.27. The standard InChI is InChI=1S/C21H22FN5O2/c1-13(20-23-14(2)26-29-20)27-11-10-18-15(12-27)4-3-5-19(18)25-21(28)24-17-8-6-16(22)7-9-17/h3-9,13H,10-12H2,1-2H3,(H2,24,25,28). The van der Waals surface area contributed by atoms with Crippen LogP contribution in [-0.4, -0.2) is 27.6 Å². The van der Waals surface area contributed by atoms with Gasteiger partial charge in [0.2, 0.25) is 5.89 Å². The number of aromatic nitrogens is 2. The van der Waals surface area contributed by atoms with E-state index in [1.54, 1.807) is 6.92 Å². The number of halogens is 1. The molecule has 0 saturated carbocycles. The first kappa shape index (κ1) is 19.1. The molecule has 2 heterocycles. The summed E-state index contributed by atoms with van der Waals surface area (Å²) in [6, 6.07) is 11.2. The summed E-state index contributed by atoms with van der Waals surface area (Å²) in [6.07, 6.45) is 0.791. The molecule has 2 amide bonds. The number of rotatable bonds is 4. The van der Waals surface area contributed by atoms with E-state index in [1.165, 1.54) is 24.3 Å². The quantitative estimate of drug-likeness (QED) is 0.689. The van der Waals surface area contributed by atoms with Crippen LogP contribution < -0.4 is 10.6 Å². The number of aryl methyl sites for hydroxylation is 1. The Kier molecular flexibility index (Phi) is 5.26. The number of carbonyl (C=O) groups is 1. The number of nitrogens with one attached hydrogen (secondary N) is 2. The molecule has 3 aromatic rings. The summed E-state index contributed by atoms with van der Waals surface area (Å²) < 4.78 is 18.3. The van der Waals surface area contributed by atoms with Crippen LogP contribution in [0.1, 0.15) is 35.8 Å². The number of fused-ring (bicyclic) bond motifs is 1. The summed E-state index contributed by atoms with van der Waals surface area (Å²) in [5.74, 6) is 0.893. The smallest absolute Gasteiger partial charge is 0.323 e. The molecule has 0 aliphatic carbocycles. The second-order valence-electron chi connectivity index (χ2n) is 7.11. The van der Waals surface area contributed by atoms with E-state index >= 15 is 0 Å². The number of carbonyl (C=O) groups excluding carboxylic acids is 1. The molecule has 1 unspecified atom stereocenters. The molecule has 1 aromatic heterocycles. The van der Waals surface area contributed by atoms with Gasteiger partial charge in [0.1, 0.15) is 5.82 Å². The fraction of sp³-hybridized carbons (Fsp3) is 0.286. The lowest BCUT2D eigenvalue weighted by Gasteiger charge is -2.32. The molecule has 1 aliphatic rings. The van der Waals surface area contributed by atoms with Crippen LogP contribution in [0.15, 0.2) is 47.0 Å². The fourth-order valence-electron chi connectivity index (χ4n) is 3.54. The molecule has 0 spiro atoms. The van der Waals surface area contributed by atoms with Crippen molar-refractivity contribution >= 4 is 17.4 Å². The van der Waals surface area contributed by atoms with Crippen LogP contribution >= 0.6 is 0 Å². The molecule has 150 valence electrons. The van der Waals surface area contributed by atoms with Gasteiger partial charge >= 0.3 is 6.03 Å². The molecule has 0 bridgehead atoms. The molecule has 0 radical (unpaired) electrons. The highest BCUT2D eigenvalue weighted by Crippen LogP contribution is 2.30. The molecule has 0 fully saturated rings. The van der Waals surface area contributed by atoms with Crippen molar-refractivity contribution in [2.75, 3.05) is 17.2 Å². The number of amides is 2. The highest BCUT2D eigenvalue weighted by molar-refractivity contribution is 6.00. The minimum absolute atomic E-state index is 0.0164. The maximum atomic E-state index is 13.0. The van der Waals surface area contributed by atoms with Gasteiger partial charge in [0.25, 0.3) is 0 Å². The molecular weight excluding hydrogens is 373 g/mol. The van der Waals surface area contributed by atoms with E-state index in [0.717, 1.165) is 36.3 Å². The number of hydrogen-bond acceptors (Lipinski definition) is 5. The van der Waals surface area contributed by atoms with E-state index in [0.29, 0.717) is 17.4 Å². The zero-order chi connectivity index (χ0) is 20.4. The number of hydrogen-bond donors (Lipinski definition) is 2. The van der Waals surface area contributed by atoms with Gasteiger partial charge in [0.05, 0.1) is 6.04 Å². The van der Waals surface area contributed by atoms with Crippen molar-refractivity contribution in [3.05, 3.63) is 71.1 Å². The van der Waals surface area contributed by atoms with E-state index in [9.17, 15) is 9.18 Å². The maximum Gasteiger partial charge on any atom is 0.323 e. The van der Waals surface area contributed by atoms with Gasteiger partial charge in [0.15, 0.2) is 5.82 Å². The van der Waals surface area contributed by atoms with Gasteiger partial charge in [-0.25, -0.2) is 9.18 Å². The number of urea groups is 1. The Morgan fingerprint density at radius 2 is 2.00 bits per heavy atom. The Balaban J connectivity index is 1.45. The number of nitrogens with zero attached hydrogens (tertiary/aromatic N) is 3. The molecule has 2 N–H and O–H groups in total. The Labute approximate surface area is 167 Å². The molecule has 29 heavy (non-hydrogen) atoms. The highest BCUT2D eigenvalue weighted by atomic mass is 19.1. The Hall–Kier alpha value is -3.26. The summed E-state index contributed by atoms with van der Waals surface area (Å²) in [4.78, 5) is 19.0. The van der Waals surface area contributed by atoms with Crippen molar-refractivity contribution in [3.8, 4) is 0 Å². The molecule has 8 heteroatoms. The molecule has 1 atom stereocenters. The molecular formula is C21H22FN5O2. The van der Waals surface area contributed by atoms with Crippen LogP contribution in [-0.2, 0) is 13.0 Å². The van der Waals surface area contributed by atoms with Crippen molar-refractivity contribution in [2.45, 2.75) is 32.9 Å². The van der Waals surface area contributed by atoms with E-state index in [1.807, 2.05) is 12.1 Å². The zero-order valence-electron chi connectivity index (χ0n) is 16.3. The van der Waals surface area contributed by atoms with Crippen LogP contribution in [0, 0.1) is 12.7 Å². The van der Waals surface area contributed by atoms with Crippen molar-refractivity contribution in [1.82, 2.24) is 15.0 Å². The lowest BCUT2D eigenvalue weighted by Crippen LogP contribution is -2.33. The van der Waals surface area contributed by atoms with Crippen LogP contribution in [0.2, 0.25) is 0 Å². The first-order valence-electron chi connectivity index (χ1n) is 9.48. The van der Waals surface area contributed by atoms with E-state index in [2.05, 4.69) is 38.7 Å². The summed E-state index contributed by atoms with van der Waals surface area (Å²) in [5.41, 5.74) is 3.58. The van der Waals surface area contributed by atoms with Gasteiger partial charge in [-0.15, -0.1) is 0 Å². The molecule has 1 aliphatic heterocycles. The van der Waals surface area contributed by atoms with Gasteiger partial charge in [-0.3, -0.25) is 4.90 Å². The SMILES string of the molecule is Cc1noc(C(C)N2CCc3c(cccc3NC(=O)Nc3ccc(F)cc3)C2)n1. The Morgan fingerprint density at radius 1 is 1.21 bits per heavy atom. The van der Waals surface area contributed by atoms with Crippen LogP contribution in [0.4, 0.5) is 20.6 Å². The molecule has 0 saturated heterocycles. The van der Waals surface area contributed by atoms with E-state index < -0.39 is 0 Å². The largest absolute Gasteiger partial charge is 0.338 e. The van der Waals surface area contributed by atoms with Crippen molar-refractivity contribution < 1.29 is 13.7 Å². The van der Waals surface area contributed by atoms with Gasteiger partial charge < -0.3 is 15.2 Å². The fourth-order valence-corrected chi connectivity index (χ4v) is 3.54. The average Bonchev–Trinajstić information content (AvgIpc) is 3.15. The summed E-state index contributed by atoms with van der Waals surface area (Å²) >= 11 is 0. The number of benzene rings is 2. The average molecular weight is 395 g/mol. The summed E-state index contributed by atoms with van der Waals surface area (Å²) in [7, 11) is 0. The Bertz CT molecular complexity index is 1020. The second kappa shape index (κ2) is 8.00. The molecule has 4 rings (SSSR count). The van der Waals surface area contributed by atoms with Crippen LogP contribution in [0.3, 0.4) is 0 Å². The third-order valence-corrected chi connectivity index (χ3v) is 5.09. The first-order valence-corrected chi connectivity index (χ1v) is 9.48.